The van der Waals surface area contributed by atoms with E-state index in [0.29, 0.717) is 0 Å². The van der Waals surface area contributed by atoms with E-state index in [1.165, 1.54) is 31.4 Å². The summed E-state index contributed by atoms with van der Waals surface area (Å²) < 4.78 is 0. The first-order valence-electron chi connectivity index (χ1n) is 6.70. The maximum Gasteiger partial charge on any atom is 0.0957 e. The molecule has 1 aliphatic heterocycles. The highest BCUT2D eigenvalue weighted by Crippen LogP contribution is 2.21. The number of rotatable bonds is 3. The second kappa shape index (κ2) is 6.01. The van der Waals surface area contributed by atoms with Gasteiger partial charge in [0.25, 0.3) is 0 Å². The van der Waals surface area contributed by atoms with Crippen molar-refractivity contribution in [3.8, 4) is 0 Å². The SMILES string of the molecule is CC[C@@H](O)c1ccc(N2CCCCCC2)cn1. The van der Waals surface area contributed by atoms with Crippen LogP contribution >= 0.6 is 0 Å². The van der Waals surface area contributed by atoms with E-state index in [0.717, 1.165) is 25.2 Å². The number of hydrogen-bond acceptors (Lipinski definition) is 3. The highest BCUT2D eigenvalue weighted by Gasteiger charge is 2.11. The number of pyridine rings is 1. The Hall–Kier alpha value is -1.09. The molecule has 0 bridgehead atoms. The quantitative estimate of drug-likeness (QED) is 0.873. The smallest absolute Gasteiger partial charge is 0.0957 e. The minimum atomic E-state index is -0.423. The first-order valence-corrected chi connectivity index (χ1v) is 6.70. The van der Waals surface area contributed by atoms with E-state index in [1.54, 1.807) is 0 Å². The lowest BCUT2D eigenvalue weighted by atomic mass is 10.2. The molecule has 1 atom stereocenters. The first-order chi connectivity index (χ1) is 8.31. The molecule has 1 aromatic rings. The van der Waals surface area contributed by atoms with Gasteiger partial charge < -0.3 is 10.0 Å². The van der Waals surface area contributed by atoms with Crippen molar-refractivity contribution in [2.75, 3.05) is 18.0 Å². The van der Waals surface area contributed by atoms with Gasteiger partial charge in [-0.05, 0) is 31.4 Å². The number of aromatic nitrogens is 1. The van der Waals surface area contributed by atoms with Crippen molar-refractivity contribution in [3.05, 3.63) is 24.0 Å². The first kappa shape index (κ1) is 12.4. The second-order valence-electron chi connectivity index (χ2n) is 4.77. The highest BCUT2D eigenvalue weighted by molar-refractivity contribution is 5.44. The largest absolute Gasteiger partial charge is 0.387 e. The van der Waals surface area contributed by atoms with Gasteiger partial charge in [-0.25, -0.2) is 0 Å². The molecule has 0 amide bonds. The fourth-order valence-electron chi connectivity index (χ4n) is 2.32. The Labute approximate surface area is 103 Å². The lowest BCUT2D eigenvalue weighted by molar-refractivity contribution is 0.169. The van der Waals surface area contributed by atoms with Crippen LogP contribution in [0.3, 0.4) is 0 Å². The molecule has 1 aromatic heterocycles. The molecule has 2 rings (SSSR count). The van der Waals surface area contributed by atoms with Crippen LogP contribution in [0, 0.1) is 0 Å². The molecule has 17 heavy (non-hydrogen) atoms. The molecule has 2 heterocycles. The monoisotopic (exact) mass is 234 g/mol. The molecule has 1 aliphatic rings. The van der Waals surface area contributed by atoms with Crippen LogP contribution in [0.4, 0.5) is 5.69 Å². The average molecular weight is 234 g/mol. The number of anilines is 1. The van der Waals surface area contributed by atoms with Crippen molar-refractivity contribution in [2.24, 2.45) is 0 Å². The Morgan fingerprint density at radius 1 is 1.24 bits per heavy atom. The van der Waals surface area contributed by atoms with Crippen LogP contribution < -0.4 is 4.90 Å². The van der Waals surface area contributed by atoms with Crippen LogP contribution in [0.25, 0.3) is 0 Å². The normalized spacial score (nSPS) is 18.8. The van der Waals surface area contributed by atoms with Crippen molar-refractivity contribution in [1.29, 1.82) is 0 Å². The van der Waals surface area contributed by atoms with Gasteiger partial charge in [-0.1, -0.05) is 19.8 Å². The maximum atomic E-state index is 9.70. The molecule has 3 nitrogen and oxygen atoms in total. The minimum Gasteiger partial charge on any atom is -0.387 e. The van der Waals surface area contributed by atoms with Crippen molar-refractivity contribution in [1.82, 2.24) is 4.98 Å². The van der Waals surface area contributed by atoms with Crippen molar-refractivity contribution >= 4 is 5.69 Å². The summed E-state index contributed by atoms with van der Waals surface area (Å²) in [5.74, 6) is 0. The van der Waals surface area contributed by atoms with E-state index in [1.807, 2.05) is 19.2 Å². The van der Waals surface area contributed by atoms with Gasteiger partial charge in [0, 0.05) is 13.1 Å². The molecule has 1 fully saturated rings. The van der Waals surface area contributed by atoms with E-state index in [9.17, 15) is 5.11 Å². The van der Waals surface area contributed by atoms with Crippen LogP contribution in [0.15, 0.2) is 18.3 Å². The minimum absolute atomic E-state index is 0.423. The van der Waals surface area contributed by atoms with E-state index >= 15 is 0 Å². The highest BCUT2D eigenvalue weighted by atomic mass is 16.3. The maximum absolute atomic E-state index is 9.70. The predicted octanol–water partition coefficient (Wildman–Crippen LogP) is 2.91. The zero-order valence-electron chi connectivity index (χ0n) is 10.6. The number of aliphatic hydroxyl groups is 1. The zero-order valence-corrected chi connectivity index (χ0v) is 10.6. The molecule has 0 aromatic carbocycles. The van der Waals surface area contributed by atoms with Gasteiger partial charge in [0.2, 0.25) is 0 Å². The third-order valence-corrected chi connectivity index (χ3v) is 3.47. The Bertz CT molecular complexity index is 329. The van der Waals surface area contributed by atoms with E-state index in [-0.39, 0.29) is 0 Å². The van der Waals surface area contributed by atoms with Gasteiger partial charge >= 0.3 is 0 Å². The summed E-state index contributed by atoms with van der Waals surface area (Å²) in [5, 5.41) is 9.70. The molecule has 0 radical (unpaired) electrons. The predicted molar refractivity (Wildman–Crippen MR) is 70.2 cm³/mol. The second-order valence-corrected chi connectivity index (χ2v) is 4.77. The van der Waals surface area contributed by atoms with Gasteiger partial charge in [-0.3, -0.25) is 4.98 Å². The lowest BCUT2D eigenvalue weighted by Crippen LogP contribution is -2.24. The third-order valence-electron chi connectivity index (χ3n) is 3.47. The number of aliphatic hydroxyl groups excluding tert-OH is 1. The topological polar surface area (TPSA) is 36.4 Å². The summed E-state index contributed by atoms with van der Waals surface area (Å²) in [6, 6.07) is 4.04. The summed E-state index contributed by atoms with van der Waals surface area (Å²) in [4.78, 5) is 6.77. The van der Waals surface area contributed by atoms with Gasteiger partial charge in [0.15, 0.2) is 0 Å². The summed E-state index contributed by atoms with van der Waals surface area (Å²) in [5.41, 5.74) is 1.98. The van der Waals surface area contributed by atoms with Crippen molar-refractivity contribution in [3.63, 3.8) is 0 Å². The molecule has 0 aliphatic carbocycles. The molecule has 3 heteroatoms. The van der Waals surface area contributed by atoms with Gasteiger partial charge in [-0.2, -0.15) is 0 Å². The molecule has 1 N–H and O–H groups in total. The zero-order chi connectivity index (χ0) is 12.1. The number of nitrogens with zero attached hydrogens (tertiary/aromatic N) is 2. The molecule has 0 unspecified atom stereocenters. The van der Waals surface area contributed by atoms with Gasteiger partial charge in [0.1, 0.15) is 0 Å². The standard InChI is InChI=1S/C14H22N2O/c1-2-14(17)13-8-7-12(11-15-13)16-9-5-3-4-6-10-16/h7-8,11,14,17H,2-6,9-10H2,1H3/t14-/m1/s1. The Kier molecular flexibility index (Phi) is 4.37. The van der Waals surface area contributed by atoms with Crippen molar-refractivity contribution in [2.45, 2.75) is 45.1 Å². The van der Waals surface area contributed by atoms with E-state index in [2.05, 4.69) is 16.0 Å². The summed E-state index contributed by atoms with van der Waals surface area (Å²) in [6.45, 7) is 4.24. The lowest BCUT2D eigenvalue weighted by Gasteiger charge is -2.22. The van der Waals surface area contributed by atoms with Crippen molar-refractivity contribution < 1.29 is 5.11 Å². The van der Waals surface area contributed by atoms with Crippen LogP contribution in [-0.4, -0.2) is 23.2 Å². The number of hydrogen-bond donors (Lipinski definition) is 1. The third kappa shape index (κ3) is 3.19. The van der Waals surface area contributed by atoms with E-state index in [4.69, 9.17) is 0 Å². The van der Waals surface area contributed by atoms with Crippen LogP contribution in [-0.2, 0) is 0 Å². The summed E-state index contributed by atoms with van der Waals surface area (Å²) >= 11 is 0. The summed E-state index contributed by atoms with van der Waals surface area (Å²) in [7, 11) is 0. The Morgan fingerprint density at radius 2 is 1.94 bits per heavy atom. The molecule has 1 saturated heterocycles. The Balaban J connectivity index is 2.05. The summed E-state index contributed by atoms with van der Waals surface area (Å²) in [6.07, 6.45) is 7.44. The molecular formula is C14H22N2O. The van der Waals surface area contributed by atoms with Gasteiger partial charge in [-0.15, -0.1) is 0 Å². The van der Waals surface area contributed by atoms with Crippen LogP contribution in [0.2, 0.25) is 0 Å². The fraction of sp³-hybridized carbons (Fsp3) is 0.643. The van der Waals surface area contributed by atoms with Crippen LogP contribution in [0.1, 0.15) is 50.8 Å². The average Bonchev–Trinajstić information content (AvgIpc) is 2.67. The van der Waals surface area contributed by atoms with E-state index < -0.39 is 6.10 Å². The molecule has 0 spiro atoms. The molecule has 0 saturated carbocycles. The van der Waals surface area contributed by atoms with Crippen LogP contribution in [0.5, 0.6) is 0 Å². The Morgan fingerprint density at radius 3 is 2.47 bits per heavy atom. The molecular weight excluding hydrogens is 212 g/mol. The fourth-order valence-corrected chi connectivity index (χ4v) is 2.32. The molecule has 94 valence electrons. The van der Waals surface area contributed by atoms with Gasteiger partial charge in [0.05, 0.1) is 23.7 Å².